The number of halogens is 2. The molecule has 2 rings (SSSR count). The number of hydrogen-bond acceptors (Lipinski definition) is 2. The molecule has 20 heavy (non-hydrogen) atoms. The molecule has 0 amide bonds. The van der Waals surface area contributed by atoms with Gasteiger partial charge >= 0.3 is 0 Å². The lowest BCUT2D eigenvalue weighted by molar-refractivity contribution is 0.617. The largest absolute Gasteiger partial charge is 0.339 e. The Bertz CT molecular complexity index is 597. The molecule has 0 heterocycles. The van der Waals surface area contributed by atoms with Crippen LogP contribution in [0, 0.1) is 11.6 Å². The second-order valence-electron chi connectivity index (χ2n) is 4.69. The standard InChI is InChI=1S/C16H18F2N2/c1-3-20(13-7-4-6-12(17)10-13)16-14(11(2)19)8-5-9-15(16)18/h4-11H,3,19H2,1-2H3. The Kier molecular flexibility index (Phi) is 4.35. The summed E-state index contributed by atoms with van der Waals surface area (Å²) in [6.07, 6.45) is 0. The van der Waals surface area contributed by atoms with E-state index in [4.69, 9.17) is 5.73 Å². The summed E-state index contributed by atoms with van der Waals surface area (Å²) in [6.45, 7) is 4.21. The maximum Gasteiger partial charge on any atom is 0.147 e. The van der Waals surface area contributed by atoms with Crippen LogP contribution in [0.25, 0.3) is 0 Å². The Morgan fingerprint density at radius 2 is 1.85 bits per heavy atom. The van der Waals surface area contributed by atoms with E-state index >= 15 is 0 Å². The SMILES string of the molecule is CCN(c1cccc(F)c1)c1c(F)cccc1C(C)N. The zero-order valence-electron chi connectivity index (χ0n) is 11.6. The van der Waals surface area contributed by atoms with Crippen molar-refractivity contribution in [3.8, 4) is 0 Å². The molecular weight excluding hydrogens is 258 g/mol. The molecule has 2 aromatic rings. The molecule has 0 bridgehead atoms. The molecule has 106 valence electrons. The van der Waals surface area contributed by atoms with Gasteiger partial charge in [0, 0.05) is 18.3 Å². The first-order chi connectivity index (χ1) is 9.54. The van der Waals surface area contributed by atoms with Crippen LogP contribution in [0.5, 0.6) is 0 Å². The number of anilines is 2. The summed E-state index contributed by atoms with van der Waals surface area (Å²) in [7, 11) is 0. The van der Waals surface area contributed by atoms with E-state index in [1.54, 1.807) is 36.1 Å². The van der Waals surface area contributed by atoms with E-state index in [1.807, 2.05) is 6.92 Å². The van der Waals surface area contributed by atoms with Gasteiger partial charge in [-0.1, -0.05) is 18.2 Å². The van der Waals surface area contributed by atoms with Gasteiger partial charge < -0.3 is 10.6 Å². The lowest BCUT2D eigenvalue weighted by atomic mass is 10.0. The zero-order valence-corrected chi connectivity index (χ0v) is 11.6. The van der Waals surface area contributed by atoms with Gasteiger partial charge in [-0.05, 0) is 43.7 Å². The fourth-order valence-electron chi connectivity index (χ4n) is 2.30. The Morgan fingerprint density at radius 3 is 2.45 bits per heavy atom. The van der Waals surface area contributed by atoms with E-state index < -0.39 is 0 Å². The predicted molar refractivity (Wildman–Crippen MR) is 78.1 cm³/mol. The molecule has 2 aromatic carbocycles. The fourth-order valence-corrected chi connectivity index (χ4v) is 2.30. The van der Waals surface area contributed by atoms with Gasteiger partial charge in [0.25, 0.3) is 0 Å². The summed E-state index contributed by atoms with van der Waals surface area (Å²) < 4.78 is 27.6. The van der Waals surface area contributed by atoms with Crippen molar-refractivity contribution >= 4 is 11.4 Å². The van der Waals surface area contributed by atoms with Gasteiger partial charge in [0.2, 0.25) is 0 Å². The molecule has 4 heteroatoms. The molecule has 0 aliphatic carbocycles. The minimum absolute atomic E-state index is 0.302. The number of hydrogen-bond donors (Lipinski definition) is 1. The molecule has 0 saturated heterocycles. The Hall–Kier alpha value is -1.94. The summed E-state index contributed by atoms with van der Waals surface area (Å²) in [6, 6.07) is 10.6. The monoisotopic (exact) mass is 276 g/mol. The minimum Gasteiger partial charge on any atom is -0.339 e. The van der Waals surface area contributed by atoms with Gasteiger partial charge in [-0.2, -0.15) is 0 Å². The van der Waals surface area contributed by atoms with Crippen LogP contribution in [0.4, 0.5) is 20.2 Å². The topological polar surface area (TPSA) is 29.3 Å². The van der Waals surface area contributed by atoms with Gasteiger partial charge in [0.05, 0.1) is 5.69 Å². The van der Waals surface area contributed by atoms with Crippen molar-refractivity contribution in [2.24, 2.45) is 5.73 Å². The van der Waals surface area contributed by atoms with Gasteiger partial charge in [-0.3, -0.25) is 0 Å². The summed E-state index contributed by atoms with van der Waals surface area (Å²) >= 11 is 0. The predicted octanol–water partition coefficient (Wildman–Crippen LogP) is 4.14. The minimum atomic E-state index is -0.356. The second kappa shape index (κ2) is 6.01. The van der Waals surface area contributed by atoms with Crippen LogP contribution in [0.3, 0.4) is 0 Å². The molecule has 0 spiro atoms. The average Bonchev–Trinajstić information content (AvgIpc) is 2.41. The molecule has 0 aliphatic rings. The number of benzene rings is 2. The molecule has 1 atom stereocenters. The highest BCUT2D eigenvalue weighted by molar-refractivity contribution is 5.67. The van der Waals surface area contributed by atoms with Crippen molar-refractivity contribution in [3.63, 3.8) is 0 Å². The highest BCUT2D eigenvalue weighted by Crippen LogP contribution is 2.33. The third kappa shape index (κ3) is 2.80. The molecule has 2 N–H and O–H groups in total. The molecule has 1 unspecified atom stereocenters. The molecule has 2 nitrogen and oxygen atoms in total. The lowest BCUT2D eigenvalue weighted by Gasteiger charge is -2.27. The summed E-state index contributed by atoms with van der Waals surface area (Å²) in [4.78, 5) is 1.73. The quantitative estimate of drug-likeness (QED) is 0.909. The highest BCUT2D eigenvalue weighted by atomic mass is 19.1. The van der Waals surface area contributed by atoms with E-state index in [0.717, 1.165) is 0 Å². The Balaban J connectivity index is 2.57. The number of rotatable bonds is 4. The Morgan fingerprint density at radius 1 is 1.15 bits per heavy atom. The first kappa shape index (κ1) is 14.5. The first-order valence-corrected chi connectivity index (χ1v) is 6.61. The average molecular weight is 276 g/mol. The van der Waals surface area contributed by atoms with Gasteiger partial charge in [-0.25, -0.2) is 8.78 Å². The smallest absolute Gasteiger partial charge is 0.147 e. The van der Waals surface area contributed by atoms with Crippen LogP contribution in [0.2, 0.25) is 0 Å². The van der Waals surface area contributed by atoms with Crippen molar-refractivity contribution < 1.29 is 8.78 Å². The molecule has 0 aromatic heterocycles. The molecular formula is C16H18F2N2. The van der Waals surface area contributed by atoms with Crippen LogP contribution in [0.1, 0.15) is 25.5 Å². The fraction of sp³-hybridized carbons (Fsp3) is 0.250. The molecule has 0 fully saturated rings. The van der Waals surface area contributed by atoms with Crippen LogP contribution in [0.15, 0.2) is 42.5 Å². The first-order valence-electron chi connectivity index (χ1n) is 6.61. The third-order valence-electron chi connectivity index (χ3n) is 3.21. The van der Waals surface area contributed by atoms with Gasteiger partial charge in [0.15, 0.2) is 0 Å². The van der Waals surface area contributed by atoms with E-state index in [9.17, 15) is 8.78 Å². The molecule has 0 aliphatic heterocycles. The van der Waals surface area contributed by atoms with Crippen molar-refractivity contribution in [1.29, 1.82) is 0 Å². The van der Waals surface area contributed by atoms with Crippen molar-refractivity contribution in [2.75, 3.05) is 11.4 Å². The third-order valence-corrected chi connectivity index (χ3v) is 3.21. The van der Waals surface area contributed by atoms with Crippen LogP contribution < -0.4 is 10.6 Å². The maximum atomic E-state index is 14.2. The zero-order chi connectivity index (χ0) is 14.7. The highest BCUT2D eigenvalue weighted by Gasteiger charge is 2.18. The van der Waals surface area contributed by atoms with Crippen LogP contribution in [-0.4, -0.2) is 6.54 Å². The van der Waals surface area contributed by atoms with E-state index in [1.165, 1.54) is 18.2 Å². The molecule has 0 radical (unpaired) electrons. The normalized spacial score (nSPS) is 12.2. The van der Waals surface area contributed by atoms with Crippen molar-refractivity contribution in [3.05, 3.63) is 59.7 Å². The van der Waals surface area contributed by atoms with Gasteiger partial charge in [-0.15, -0.1) is 0 Å². The number of nitrogens with zero attached hydrogens (tertiary/aromatic N) is 1. The van der Waals surface area contributed by atoms with E-state index in [0.29, 0.717) is 23.5 Å². The van der Waals surface area contributed by atoms with E-state index in [-0.39, 0.29) is 17.7 Å². The second-order valence-corrected chi connectivity index (χ2v) is 4.69. The van der Waals surface area contributed by atoms with Crippen molar-refractivity contribution in [1.82, 2.24) is 0 Å². The summed E-state index contributed by atoms with van der Waals surface area (Å²) in [5, 5.41) is 0. The maximum absolute atomic E-state index is 14.2. The van der Waals surface area contributed by atoms with E-state index in [2.05, 4.69) is 0 Å². The van der Waals surface area contributed by atoms with Crippen LogP contribution >= 0.6 is 0 Å². The number of nitrogens with two attached hydrogens (primary N) is 1. The summed E-state index contributed by atoms with van der Waals surface area (Å²) in [5.41, 5.74) is 7.64. The number of para-hydroxylation sites is 1. The van der Waals surface area contributed by atoms with Gasteiger partial charge in [0.1, 0.15) is 11.6 Å². The lowest BCUT2D eigenvalue weighted by Crippen LogP contribution is -2.21. The molecule has 0 saturated carbocycles. The van der Waals surface area contributed by atoms with Crippen LogP contribution in [-0.2, 0) is 0 Å². The summed E-state index contributed by atoms with van der Waals surface area (Å²) in [5.74, 6) is -0.703. The Labute approximate surface area is 117 Å². The van der Waals surface area contributed by atoms with Crippen molar-refractivity contribution in [2.45, 2.75) is 19.9 Å².